The predicted octanol–water partition coefficient (Wildman–Crippen LogP) is 3.65. The van der Waals surface area contributed by atoms with E-state index in [1.165, 1.54) is 47.9 Å². The van der Waals surface area contributed by atoms with E-state index < -0.39 is 15.8 Å². The summed E-state index contributed by atoms with van der Waals surface area (Å²) in [5.41, 5.74) is 0.299. The van der Waals surface area contributed by atoms with Gasteiger partial charge in [0, 0.05) is 16.6 Å². The average Bonchev–Trinajstić information content (AvgIpc) is 3.10. The van der Waals surface area contributed by atoms with Gasteiger partial charge in [0.15, 0.2) is 5.76 Å². The van der Waals surface area contributed by atoms with Crippen LogP contribution in [-0.2, 0) is 10.0 Å². The molecule has 0 fully saturated rings. The van der Waals surface area contributed by atoms with Crippen molar-refractivity contribution in [3.8, 4) is 10.6 Å². The Bertz CT molecular complexity index is 885. The van der Waals surface area contributed by atoms with E-state index in [2.05, 4.69) is 9.88 Å². The Balaban J connectivity index is 1.94. The number of hydrogen-bond donors (Lipinski definition) is 1. The molecule has 1 aromatic carbocycles. The summed E-state index contributed by atoms with van der Waals surface area (Å²) in [6.45, 7) is 1.71. The van der Waals surface area contributed by atoms with E-state index in [1.807, 2.05) is 0 Å². The number of nitrogens with zero attached hydrogens (tertiary/aromatic N) is 1. The molecule has 0 saturated carbocycles. The van der Waals surface area contributed by atoms with Gasteiger partial charge in [0.2, 0.25) is 0 Å². The molecule has 3 rings (SSSR count). The highest BCUT2D eigenvalue weighted by molar-refractivity contribution is 7.93. The fraction of sp³-hybridized carbons (Fsp3) is 0.0714. The highest BCUT2D eigenvalue weighted by Crippen LogP contribution is 2.34. The minimum atomic E-state index is -3.75. The molecule has 0 radical (unpaired) electrons. The Kier molecular flexibility index (Phi) is 3.71. The Hall–Kier alpha value is -2.19. The number of rotatable bonds is 4. The molecular formula is C14H11FN2O3S2. The van der Waals surface area contributed by atoms with Crippen LogP contribution in [0.25, 0.3) is 10.6 Å². The van der Waals surface area contributed by atoms with Crippen molar-refractivity contribution in [1.29, 1.82) is 0 Å². The summed E-state index contributed by atoms with van der Waals surface area (Å²) in [7, 11) is -3.75. The highest BCUT2D eigenvalue weighted by atomic mass is 32.2. The molecule has 0 amide bonds. The topological polar surface area (TPSA) is 72.2 Å². The van der Waals surface area contributed by atoms with Gasteiger partial charge >= 0.3 is 0 Å². The standard InChI is InChI=1S/C14H11FN2O3S2/c1-9-14(8-13(21-9)12-6-7-16-20-12)22(18,19)17-11-4-2-10(15)3-5-11/h2-8,17H,1H3. The summed E-state index contributed by atoms with van der Waals surface area (Å²) in [5.74, 6) is 0.0820. The third-order valence-electron chi connectivity index (χ3n) is 2.94. The van der Waals surface area contributed by atoms with Gasteiger partial charge in [-0.25, -0.2) is 12.8 Å². The number of aromatic nitrogens is 1. The summed E-state index contributed by atoms with van der Waals surface area (Å²) in [4.78, 5) is 1.46. The van der Waals surface area contributed by atoms with Gasteiger partial charge in [-0.05, 0) is 37.3 Å². The van der Waals surface area contributed by atoms with Crippen molar-refractivity contribution in [3.05, 3.63) is 53.3 Å². The molecule has 0 saturated heterocycles. The third kappa shape index (κ3) is 2.88. The van der Waals surface area contributed by atoms with Gasteiger partial charge in [0.05, 0.1) is 11.1 Å². The second-order valence-electron chi connectivity index (χ2n) is 4.52. The Morgan fingerprint density at radius 2 is 1.95 bits per heavy atom. The van der Waals surface area contributed by atoms with Crippen LogP contribution in [0.2, 0.25) is 0 Å². The molecule has 2 heterocycles. The molecular weight excluding hydrogens is 327 g/mol. The van der Waals surface area contributed by atoms with Crippen molar-refractivity contribution >= 4 is 27.0 Å². The van der Waals surface area contributed by atoms with Gasteiger partial charge in [0.1, 0.15) is 10.7 Å². The molecule has 3 aromatic rings. The molecule has 114 valence electrons. The molecule has 22 heavy (non-hydrogen) atoms. The predicted molar refractivity (Wildman–Crippen MR) is 81.8 cm³/mol. The lowest BCUT2D eigenvalue weighted by Gasteiger charge is -2.07. The van der Waals surface area contributed by atoms with E-state index in [9.17, 15) is 12.8 Å². The smallest absolute Gasteiger partial charge is 0.263 e. The second-order valence-corrected chi connectivity index (χ2v) is 7.43. The number of benzene rings is 1. The van der Waals surface area contributed by atoms with E-state index in [0.29, 0.717) is 21.2 Å². The van der Waals surface area contributed by atoms with Crippen molar-refractivity contribution in [2.75, 3.05) is 4.72 Å². The average molecular weight is 338 g/mol. The minimum Gasteiger partial charge on any atom is -0.355 e. The van der Waals surface area contributed by atoms with E-state index in [-0.39, 0.29) is 4.90 Å². The lowest BCUT2D eigenvalue weighted by molar-refractivity contribution is 0.433. The lowest BCUT2D eigenvalue weighted by atomic mass is 10.3. The number of aryl methyl sites for hydroxylation is 1. The molecule has 5 nitrogen and oxygen atoms in total. The molecule has 0 aliphatic rings. The van der Waals surface area contributed by atoms with Crippen LogP contribution in [0.4, 0.5) is 10.1 Å². The normalized spacial score (nSPS) is 11.5. The van der Waals surface area contributed by atoms with Gasteiger partial charge in [-0.3, -0.25) is 4.72 Å². The zero-order valence-corrected chi connectivity index (χ0v) is 13.0. The summed E-state index contributed by atoms with van der Waals surface area (Å²) >= 11 is 1.30. The largest absolute Gasteiger partial charge is 0.355 e. The van der Waals surface area contributed by atoms with Crippen LogP contribution in [0, 0.1) is 12.7 Å². The molecule has 1 N–H and O–H groups in total. The summed E-state index contributed by atoms with van der Waals surface area (Å²) < 4.78 is 45.2. The SMILES string of the molecule is Cc1sc(-c2ccno2)cc1S(=O)(=O)Nc1ccc(F)cc1. The van der Waals surface area contributed by atoms with Crippen LogP contribution in [0.15, 0.2) is 52.0 Å². The fourth-order valence-electron chi connectivity index (χ4n) is 1.92. The number of nitrogens with one attached hydrogen (secondary N) is 1. The number of anilines is 1. The van der Waals surface area contributed by atoms with Crippen LogP contribution < -0.4 is 4.72 Å². The molecule has 0 spiro atoms. The van der Waals surface area contributed by atoms with E-state index in [4.69, 9.17) is 4.52 Å². The third-order valence-corrected chi connectivity index (χ3v) is 5.64. The Morgan fingerprint density at radius 3 is 2.59 bits per heavy atom. The number of halogens is 1. The van der Waals surface area contributed by atoms with Crippen LogP contribution in [-0.4, -0.2) is 13.6 Å². The monoisotopic (exact) mass is 338 g/mol. The van der Waals surface area contributed by atoms with Crippen LogP contribution in [0.5, 0.6) is 0 Å². The summed E-state index contributed by atoms with van der Waals surface area (Å²) in [5, 5.41) is 3.61. The zero-order valence-electron chi connectivity index (χ0n) is 11.4. The molecule has 0 bridgehead atoms. The van der Waals surface area contributed by atoms with Crippen molar-refractivity contribution in [2.45, 2.75) is 11.8 Å². The summed E-state index contributed by atoms with van der Waals surface area (Å²) in [6, 6.07) is 8.32. The molecule has 0 aliphatic carbocycles. The van der Waals surface area contributed by atoms with E-state index in [0.717, 1.165) is 0 Å². The molecule has 0 atom stereocenters. The maximum atomic E-state index is 12.9. The van der Waals surface area contributed by atoms with E-state index in [1.54, 1.807) is 13.0 Å². The molecule has 0 aliphatic heterocycles. The molecule has 2 aromatic heterocycles. The van der Waals surface area contributed by atoms with Crippen LogP contribution in [0.1, 0.15) is 4.88 Å². The van der Waals surface area contributed by atoms with Gasteiger partial charge < -0.3 is 4.52 Å². The van der Waals surface area contributed by atoms with Gasteiger partial charge in [-0.15, -0.1) is 11.3 Å². The first-order chi connectivity index (χ1) is 10.5. The summed E-state index contributed by atoms with van der Waals surface area (Å²) in [6.07, 6.45) is 1.50. The number of sulfonamides is 1. The van der Waals surface area contributed by atoms with Crippen molar-refractivity contribution < 1.29 is 17.3 Å². The van der Waals surface area contributed by atoms with Gasteiger partial charge in [-0.1, -0.05) is 5.16 Å². The lowest BCUT2D eigenvalue weighted by Crippen LogP contribution is -2.13. The highest BCUT2D eigenvalue weighted by Gasteiger charge is 2.21. The first-order valence-corrected chi connectivity index (χ1v) is 8.55. The van der Waals surface area contributed by atoms with Crippen LogP contribution >= 0.6 is 11.3 Å². The molecule has 8 heteroatoms. The van der Waals surface area contributed by atoms with Crippen molar-refractivity contribution in [3.63, 3.8) is 0 Å². The number of thiophene rings is 1. The quantitative estimate of drug-likeness (QED) is 0.788. The van der Waals surface area contributed by atoms with Gasteiger partial charge in [0.25, 0.3) is 10.0 Å². The molecule has 0 unspecified atom stereocenters. The first-order valence-electron chi connectivity index (χ1n) is 6.25. The number of hydrogen-bond acceptors (Lipinski definition) is 5. The maximum absolute atomic E-state index is 12.9. The second kappa shape index (κ2) is 5.54. The van der Waals surface area contributed by atoms with Crippen molar-refractivity contribution in [2.24, 2.45) is 0 Å². The first kappa shape index (κ1) is 14.7. The van der Waals surface area contributed by atoms with E-state index >= 15 is 0 Å². The maximum Gasteiger partial charge on any atom is 0.263 e. The van der Waals surface area contributed by atoms with Crippen LogP contribution in [0.3, 0.4) is 0 Å². The fourth-order valence-corrected chi connectivity index (χ4v) is 4.53. The Labute approximate surface area is 130 Å². The van der Waals surface area contributed by atoms with Crippen molar-refractivity contribution in [1.82, 2.24) is 5.16 Å². The Morgan fingerprint density at radius 1 is 1.23 bits per heavy atom. The van der Waals surface area contributed by atoms with Gasteiger partial charge in [-0.2, -0.15) is 0 Å². The zero-order chi connectivity index (χ0) is 15.7. The minimum absolute atomic E-state index is 0.160.